The van der Waals surface area contributed by atoms with Gasteiger partial charge in [-0.2, -0.15) is 8.42 Å². The molecular weight excluding hydrogens is 314 g/mol. The van der Waals surface area contributed by atoms with Gasteiger partial charge in [-0.1, -0.05) is 37.6 Å². The lowest BCUT2D eigenvalue weighted by Crippen LogP contribution is -2.15. The van der Waals surface area contributed by atoms with Crippen LogP contribution in [-0.4, -0.2) is 21.4 Å². The zero-order valence-electron chi connectivity index (χ0n) is 13.1. The van der Waals surface area contributed by atoms with E-state index in [1.54, 1.807) is 24.3 Å². The molecule has 0 saturated heterocycles. The van der Waals surface area contributed by atoms with Crippen molar-refractivity contribution in [2.45, 2.75) is 24.7 Å². The van der Waals surface area contributed by atoms with E-state index in [-0.39, 0.29) is 16.5 Å². The Labute approximate surface area is 136 Å². The molecule has 0 radical (unpaired) electrons. The molecule has 5 nitrogen and oxygen atoms in total. The number of nitrogens with one attached hydrogen (secondary N) is 1. The van der Waals surface area contributed by atoms with Gasteiger partial charge in [-0.15, -0.1) is 0 Å². The molecule has 1 N–H and O–H groups in total. The number of hydrogen-bond donors (Lipinski definition) is 1. The zero-order valence-corrected chi connectivity index (χ0v) is 13.9. The van der Waals surface area contributed by atoms with Gasteiger partial charge in [-0.25, -0.2) is 0 Å². The summed E-state index contributed by atoms with van der Waals surface area (Å²) >= 11 is 0. The number of aryl methyl sites for hydroxylation is 1. The molecule has 0 fully saturated rings. The third-order valence-electron chi connectivity index (χ3n) is 3.38. The van der Waals surface area contributed by atoms with Gasteiger partial charge in [0.2, 0.25) is 0 Å². The largest absolute Gasteiger partial charge is 0.321 e. The Hall–Kier alpha value is -2.18. The summed E-state index contributed by atoms with van der Waals surface area (Å²) < 4.78 is 28.3. The van der Waals surface area contributed by atoms with Crippen LogP contribution in [-0.2, 0) is 20.7 Å². The Balaban J connectivity index is 2.24. The maximum atomic E-state index is 12.3. The van der Waals surface area contributed by atoms with Crippen molar-refractivity contribution in [3.05, 3.63) is 59.7 Å². The van der Waals surface area contributed by atoms with Crippen molar-refractivity contribution in [3.63, 3.8) is 0 Å². The summed E-state index contributed by atoms with van der Waals surface area (Å²) in [5, 5.41) is 2.62. The van der Waals surface area contributed by atoms with Crippen molar-refractivity contribution in [2.75, 3.05) is 12.4 Å². The van der Waals surface area contributed by atoms with Crippen molar-refractivity contribution in [2.24, 2.45) is 0 Å². The lowest BCUT2D eigenvalue weighted by atomic mass is 10.1. The van der Waals surface area contributed by atoms with E-state index in [4.69, 9.17) is 0 Å². The highest BCUT2D eigenvalue weighted by molar-refractivity contribution is 7.87. The number of anilines is 1. The van der Waals surface area contributed by atoms with Gasteiger partial charge in [0.15, 0.2) is 0 Å². The normalized spacial score (nSPS) is 11.2. The van der Waals surface area contributed by atoms with Crippen LogP contribution in [0, 0.1) is 0 Å². The maximum absolute atomic E-state index is 12.3. The van der Waals surface area contributed by atoms with Crippen LogP contribution in [0.5, 0.6) is 0 Å². The topological polar surface area (TPSA) is 72.5 Å². The van der Waals surface area contributed by atoms with E-state index in [0.717, 1.165) is 25.5 Å². The molecule has 0 spiro atoms. The summed E-state index contributed by atoms with van der Waals surface area (Å²) in [5.74, 6) is -0.369. The van der Waals surface area contributed by atoms with E-state index in [1.165, 1.54) is 12.1 Å². The van der Waals surface area contributed by atoms with Crippen molar-refractivity contribution in [3.8, 4) is 0 Å². The van der Waals surface area contributed by atoms with Gasteiger partial charge in [0.1, 0.15) is 4.90 Å². The van der Waals surface area contributed by atoms with E-state index < -0.39 is 10.1 Å². The van der Waals surface area contributed by atoms with Crippen LogP contribution >= 0.6 is 0 Å². The first-order valence-electron chi connectivity index (χ1n) is 7.28. The van der Waals surface area contributed by atoms with Crippen molar-refractivity contribution in [1.82, 2.24) is 0 Å². The van der Waals surface area contributed by atoms with Gasteiger partial charge in [0.25, 0.3) is 16.0 Å². The SMILES string of the molecule is CCCc1ccc(C(=O)Nc2ccccc2S(=O)(=O)OC)cc1. The lowest BCUT2D eigenvalue weighted by Gasteiger charge is -2.10. The third kappa shape index (κ3) is 4.18. The summed E-state index contributed by atoms with van der Waals surface area (Å²) in [5.41, 5.74) is 1.82. The maximum Gasteiger partial charge on any atom is 0.298 e. The number of benzene rings is 2. The summed E-state index contributed by atoms with van der Waals surface area (Å²) in [7, 11) is -2.80. The van der Waals surface area contributed by atoms with Crippen molar-refractivity contribution in [1.29, 1.82) is 0 Å². The van der Waals surface area contributed by atoms with Crippen LogP contribution in [0.4, 0.5) is 5.69 Å². The van der Waals surface area contributed by atoms with Gasteiger partial charge < -0.3 is 5.32 Å². The second-order valence-electron chi connectivity index (χ2n) is 5.02. The first-order valence-corrected chi connectivity index (χ1v) is 8.68. The number of amides is 1. The standard InChI is InChI=1S/C17H19NO4S/c1-3-6-13-9-11-14(12-10-13)17(19)18-15-7-4-5-8-16(15)23(20,21)22-2/h4-5,7-12H,3,6H2,1-2H3,(H,18,19). The summed E-state index contributed by atoms with van der Waals surface area (Å²) in [6, 6.07) is 13.4. The number of para-hydroxylation sites is 1. The van der Waals surface area contributed by atoms with Gasteiger partial charge in [0, 0.05) is 5.56 Å². The van der Waals surface area contributed by atoms with E-state index in [1.807, 2.05) is 12.1 Å². The van der Waals surface area contributed by atoms with Crippen LogP contribution in [0.2, 0.25) is 0 Å². The molecule has 0 bridgehead atoms. The Morgan fingerprint density at radius 3 is 2.35 bits per heavy atom. The first kappa shape index (κ1) is 17.2. The van der Waals surface area contributed by atoms with Crippen molar-refractivity contribution >= 4 is 21.7 Å². The zero-order chi connectivity index (χ0) is 16.9. The smallest absolute Gasteiger partial charge is 0.298 e. The molecule has 122 valence electrons. The molecule has 0 aliphatic rings. The highest BCUT2D eigenvalue weighted by Crippen LogP contribution is 2.23. The number of carbonyl (C=O) groups excluding carboxylic acids is 1. The second-order valence-corrected chi connectivity index (χ2v) is 6.70. The fraction of sp³-hybridized carbons (Fsp3) is 0.235. The molecule has 0 aliphatic heterocycles. The molecule has 23 heavy (non-hydrogen) atoms. The molecule has 0 atom stereocenters. The second kappa shape index (κ2) is 7.39. The lowest BCUT2D eigenvalue weighted by molar-refractivity contribution is 0.102. The molecule has 0 saturated carbocycles. The fourth-order valence-corrected chi connectivity index (χ4v) is 3.00. The quantitative estimate of drug-likeness (QED) is 0.824. The Morgan fingerprint density at radius 1 is 1.09 bits per heavy atom. The van der Waals surface area contributed by atoms with E-state index in [2.05, 4.69) is 16.4 Å². The molecule has 6 heteroatoms. The average molecular weight is 333 g/mol. The predicted molar refractivity (Wildman–Crippen MR) is 89.0 cm³/mol. The van der Waals surface area contributed by atoms with Gasteiger partial charge >= 0.3 is 0 Å². The van der Waals surface area contributed by atoms with Crippen molar-refractivity contribution < 1.29 is 17.4 Å². The summed E-state index contributed by atoms with van der Waals surface area (Å²) in [6.07, 6.45) is 1.99. The molecule has 2 rings (SSSR count). The van der Waals surface area contributed by atoms with Crippen LogP contribution in [0.15, 0.2) is 53.4 Å². The summed E-state index contributed by atoms with van der Waals surface area (Å²) in [6.45, 7) is 2.09. The Bertz CT molecular complexity index is 782. The molecule has 0 aliphatic carbocycles. The number of carbonyl (C=O) groups is 1. The van der Waals surface area contributed by atoms with E-state index >= 15 is 0 Å². The minimum Gasteiger partial charge on any atom is -0.321 e. The molecule has 2 aromatic rings. The Kier molecular flexibility index (Phi) is 5.52. The molecule has 1 amide bonds. The molecule has 2 aromatic carbocycles. The average Bonchev–Trinajstić information content (AvgIpc) is 2.56. The monoisotopic (exact) mass is 333 g/mol. The van der Waals surface area contributed by atoms with E-state index in [0.29, 0.717) is 5.56 Å². The predicted octanol–water partition coefficient (Wildman–Crippen LogP) is 3.23. The highest BCUT2D eigenvalue weighted by Gasteiger charge is 2.19. The van der Waals surface area contributed by atoms with Gasteiger partial charge in [-0.3, -0.25) is 8.98 Å². The van der Waals surface area contributed by atoms with Crippen LogP contribution in [0.1, 0.15) is 29.3 Å². The molecule has 0 aromatic heterocycles. The number of rotatable bonds is 6. The molecular formula is C17H19NO4S. The first-order chi connectivity index (χ1) is 11.0. The highest BCUT2D eigenvalue weighted by atomic mass is 32.2. The van der Waals surface area contributed by atoms with E-state index in [9.17, 15) is 13.2 Å². The minimum atomic E-state index is -3.89. The van der Waals surface area contributed by atoms with Gasteiger partial charge in [0.05, 0.1) is 12.8 Å². The van der Waals surface area contributed by atoms with Crippen LogP contribution in [0.3, 0.4) is 0 Å². The molecule has 0 unspecified atom stereocenters. The fourth-order valence-electron chi connectivity index (χ4n) is 2.18. The van der Waals surface area contributed by atoms with Gasteiger partial charge in [-0.05, 0) is 36.2 Å². The number of hydrogen-bond acceptors (Lipinski definition) is 4. The van der Waals surface area contributed by atoms with Crippen LogP contribution in [0.25, 0.3) is 0 Å². The van der Waals surface area contributed by atoms with Crippen LogP contribution < -0.4 is 5.32 Å². The summed E-state index contributed by atoms with van der Waals surface area (Å²) in [4.78, 5) is 12.2. The molecule has 0 heterocycles. The third-order valence-corrected chi connectivity index (χ3v) is 4.71. The Morgan fingerprint density at radius 2 is 1.74 bits per heavy atom. The minimum absolute atomic E-state index is 0.0709.